The Hall–Kier alpha value is -0.390. The van der Waals surface area contributed by atoms with Gasteiger partial charge in [-0.1, -0.05) is 25.4 Å². The molecule has 15 heavy (non-hydrogen) atoms. The molecule has 0 aromatic rings. The zero-order valence-corrected chi connectivity index (χ0v) is 9.63. The average Bonchev–Trinajstić information content (AvgIpc) is 2.13. The first-order chi connectivity index (χ1) is 6.93. The van der Waals surface area contributed by atoms with E-state index in [0.717, 1.165) is 0 Å². The van der Waals surface area contributed by atoms with Crippen molar-refractivity contribution in [1.29, 1.82) is 0 Å². The quantitative estimate of drug-likeness (QED) is 0.644. The van der Waals surface area contributed by atoms with Crippen molar-refractivity contribution in [2.24, 2.45) is 5.92 Å². The van der Waals surface area contributed by atoms with E-state index < -0.39 is 17.6 Å². The summed E-state index contributed by atoms with van der Waals surface area (Å²) in [6, 6.07) is 0. The first kappa shape index (κ1) is 14.6. The van der Waals surface area contributed by atoms with E-state index in [1.807, 2.05) is 13.8 Å². The maximum atomic E-state index is 12.1. The molecule has 6 heteroatoms. The Morgan fingerprint density at radius 3 is 2.60 bits per heavy atom. The Morgan fingerprint density at radius 1 is 1.53 bits per heavy atom. The molecule has 0 aromatic carbocycles. The van der Waals surface area contributed by atoms with E-state index in [1.54, 1.807) is 0 Å². The van der Waals surface area contributed by atoms with Crippen molar-refractivity contribution in [2.75, 3.05) is 19.8 Å². The van der Waals surface area contributed by atoms with E-state index in [2.05, 4.69) is 5.32 Å². The molecule has 2 atom stereocenters. The summed E-state index contributed by atoms with van der Waals surface area (Å²) in [5, 5.41) is 11.4. The zero-order valence-electron chi connectivity index (χ0n) is 8.87. The molecule has 90 valence electrons. The first-order valence-corrected chi connectivity index (χ1v) is 5.18. The molecule has 0 heterocycles. The van der Waals surface area contributed by atoms with Gasteiger partial charge in [0, 0.05) is 13.2 Å². The maximum Gasteiger partial charge on any atom is 0.270 e. The van der Waals surface area contributed by atoms with Gasteiger partial charge in [0.15, 0.2) is 0 Å². The Kier molecular flexibility index (Phi) is 7.64. The summed E-state index contributed by atoms with van der Waals surface area (Å²) in [5.41, 5.74) is -2.08. The van der Waals surface area contributed by atoms with Crippen molar-refractivity contribution >= 4 is 17.5 Å². The van der Waals surface area contributed by atoms with Gasteiger partial charge in [0.2, 0.25) is 0 Å². The molecule has 0 rings (SSSR count). The summed E-state index contributed by atoms with van der Waals surface area (Å²) in [6.45, 7) is 4.54. The highest BCUT2D eigenvalue weighted by Gasteiger charge is 2.14. The second-order valence-electron chi connectivity index (χ2n) is 3.63. The van der Waals surface area contributed by atoms with Gasteiger partial charge in [-0.05, 0) is 5.92 Å². The molecule has 4 nitrogen and oxygen atoms in total. The fourth-order valence-electron chi connectivity index (χ4n) is 0.794. The zero-order chi connectivity index (χ0) is 11.8. The minimum Gasteiger partial charge on any atom is -0.389 e. The number of aliphatic hydroxyl groups excluding tert-OH is 1. The van der Waals surface area contributed by atoms with Crippen LogP contribution in [-0.2, 0) is 9.53 Å². The minimum atomic E-state index is -2.08. The number of hydrogen-bond donors (Lipinski definition) is 2. The minimum absolute atomic E-state index is 0.0654. The fourth-order valence-corrected chi connectivity index (χ4v) is 0.871. The molecule has 0 aliphatic heterocycles. The van der Waals surface area contributed by atoms with Gasteiger partial charge >= 0.3 is 0 Å². The maximum absolute atomic E-state index is 12.1. The molecule has 0 radical (unpaired) electrons. The average molecular weight is 242 g/mol. The summed E-state index contributed by atoms with van der Waals surface area (Å²) in [7, 11) is 0. The van der Waals surface area contributed by atoms with Gasteiger partial charge in [0.25, 0.3) is 11.5 Å². The Balaban J connectivity index is 3.49. The van der Waals surface area contributed by atoms with Crippen LogP contribution in [0, 0.1) is 5.92 Å². The molecule has 0 fully saturated rings. The Bertz CT molecular complexity index is 190. The predicted octanol–water partition coefficient (Wildman–Crippen LogP) is 0.671. The van der Waals surface area contributed by atoms with Gasteiger partial charge in [-0.15, -0.1) is 0 Å². The summed E-state index contributed by atoms with van der Waals surface area (Å²) >= 11 is 4.87. The summed E-state index contributed by atoms with van der Waals surface area (Å²) < 4.78 is 17.3. The second kappa shape index (κ2) is 7.84. The van der Waals surface area contributed by atoms with Crippen LogP contribution in [0.3, 0.4) is 0 Å². The van der Waals surface area contributed by atoms with Crippen molar-refractivity contribution in [3.63, 3.8) is 0 Å². The van der Waals surface area contributed by atoms with Crippen molar-refractivity contribution in [3.05, 3.63) is 0 Å². The fraction of sp³-hybridized carbons (Fsp3) is 0.889. The Labute approximate surface area is 93.7 Å². The number of alkyl halides is 2. The summed E-state index contributed by atoms with van der Waals surface area (Å²) in [5.74, 6) is -0.565. The normalized spacial score (nSPS) is 15.1. The highest BCUT2D eigenvalue weighted by molar-refractivity contribution is 6.29. The lowest BCUT2D eigenvalue weighted by Gasteiger charge is -2.13. The largest absolute Gasteiger partial charge is 0.389 e. The lowest BCUT2D eigenvalue weighted by atomic mass is 10.2. The van der Waals surface area contributed by atoms with E-state index in [1.165, 1.54) is 0 Å². The molecule has 0 aromatic heterocycles. The summed E-state index contributed by atoms with van der Waals surface area (Å²) in [6.07, 6.45) is -0.844. The topological polar surface area (TPSA) is 58.6 Å². The monoisotopic (exact) mass is 241 g/mol. The third-order valence-corrected chi connectivity index (χ3v) is 1.67. The molecule has 1 amide bonds. The number of carbonyl (C=O) groups is 1. The van der Waals surface area contributed by atoms with Crippen LogP contribution >= 0.6 is 11.6 Å². The molecule has 2 N–H and O–H groups in total. The van der Waals surface area contributed by atoms with Crippen molar-refractivity contribution in [3.8, 4) is 0 Å². The van der Waals surface area contributed by atoms with Crippen molar-refractivity contribution in [2.45, 2.75) is 25.6 Å². The van der Waals surface area contributed by atoms with E-state index in [-0.39, 0.29) is 13.2 Å². The number of carbonyl (C=O) groups excluding carboxylic acids is 1. The number of nitrogens with one attached hydrogen (secondary N) is 1. The molecule has 0 bridgehead atoms. The smallest absolute Gasteiger partial charge is 0.270 e. The van der Waals surface area contributed by atoms with Gasteiger partial charge in [-0.25, -0.2) is 4.39 Å². The van der Waals surface area contributed by atoms with Crippen molar-refractivity contribution in [1.82, 2.24) is 5.32 Å². The predicted molar refractivity (Wildman–Crippen MR) is 55.4 cm³/mol. The van der Waals surface area contributed by atoms with Gasteiger partial charge < -0.3 is 15.2 Å². The van der Waals surface area contributed by atoms with Gasteiger partial charge in [-0.2, -0.15) is 0 Å². The molecule has 0 saturated carbocycles. The molecular weight excluding hydrogens is 225 g/mol. The third kappa shape index (κ3) is 8.59. The van der Waals surface area contributed by atoms with Crippen LogP contribution < -0.4 is 5.32 Å². The highest BCUT2D eigenvalue weighted by atomic mass is 35.5. The van der Waals surface area contributed by atoms with Gasteiger partial charge in [-0.3, -0.25) is 4.79 Å². The van der Waals surface area contributed by atoms with Crippen LogP contribution in [-0.4, -0.2) is 42.5 Å². The van der Waals surface area contributed by atoms with Crippen LogP contribution in [0.4, 0.5) is 4.39 Å². The van der Waals surface area contributed by atoms with Gasteiger partial charge in [0.05, 0.1) is 12.7 Å². The van der Waals surface area contributed by atoms with E-state index >= 15 is 0 Å². The number of ether oxygens (including phenoxy) is 1. The highest BCUT2D eigenvalue weighted by Crippen LogP contribution is 1.97. The molecule has 0 spiro atoms. The lowest BCUT2D eigenvalue weighted by Crippen LogP contribution is -2.37. The van der Waals surface area contributed by atoms with Crippen LogP contribution in [0.15, 0.2) is 0 Å². The summed E-state index contributed by atoms with van der Waals surface area (Å²) in [4.78, 5) is 10.7. The lowest BCUT2D eigenvalue weighted by molar-refractivity contribution is -0.124. The Morgan fingerprint density at radius 2 is 2.13 bits per heavy atom. The second-order valence-corrected chi connectivity index (χ2v) is 4.01. The van der Waals surface area contributed by atoms with E-state index in [4.69, 9.17) is 16.3 Å². The van der Waals surface area contributed by atoms with E-state index in [9.17, 15) is 14.3 Å². The van der Waals surface area contributed by atoms with Crippen LogP contribution in [0.2, 0.25) is 0 Å². The molecule has 0 aliphatic rings. The molecular formula is C9H17ClFNO3. The number of rotatable bonds is 7. The van der Waals surface area contributed by atoms with Crippen molar-refractivity contribution < 1.29 is 19.0 Å². The van der Waals surface area contributed by atoms with Crippen LogP contribution in [0.5, 0.6) is 0 Å². The van der Waals surface area contributed by atoms with Gasteiger partial charge in [0.1, 0.15) is 0 Å². The SMILES string of the molecule is CC(C)COCC(O)CNC(=O)C(F)Cl. The molecule has 0 saturated heterocycles. The first-order valence-electron chi connectivity index (χ1n) is 4.75. The number of halogens is 2. The standard InChI is InChI=1S/C9H17ClFNO3/c1-6(2)4-15-5-7(13)3-12-9(14)8(10)11/h6-8,13H,3-5H2,1-2H3,(H,12,14). The number of hydrogen-bond acceptors (Lipinski definition) is 3. The molecule has 0 aliphatic carbocycles. The number of aliphatic hydroxyl groups is 1. The number of amides is 1. The van der Waals surface area contributed by atoms with Crippen LogP contribution in [0.25, 0.3) is 0 Å². The molecule has 2 unspecified atom stereocenters. The third-order valence-electron chi connectivity index (χ3n) is 1.47. The van der Waals surface area contributed by atoms with E-state index in [0.29, 0.717) is 12.5 Å². The van der Waals surface area contributed by atoms with Crippen LogP contribution in [0.1, 0.15) is 13.8 Å².